The predicted molar refractivity (Wildman–Crippen MR) is 115 cm³/mol. The van der Waals surface area contributed by atoms with E-state index >= 15 is 0 Å². The number of thioether (sulfide) groups is 1. The molecular formula is C22H25FN4OS. The zero-order valence-electron chi connectivity index (χ0n) is 17.0. The van der Waals surface area contributed by atoms with Gasteiger partial charge in [-0.15, -0.1) is 10.2 Å². The van der Waals surface area contributed by atoms with Crippen LogP contribution in [0.5, 0.6) is 0 Å². The third kappa shape index (κ3) is 4.67. The topological polar surface area (TPSA) is 59.8 Å². The molecule has 1 N–H and O–H groups in total. The maximum absolute atomic E-state index is 14.1. The Morgan fingerprint density at radius 3 is 2.55 bits per heavy atom. The largest absolute Gasteiger partial charge is 0.325 e. The van der Waals surface area contributed by atoms with Gasteiger partial charge in [0.15, 0.2) is 11.0 Å². The Kier molecular flexibility index (Phi) is 6.69. The first-order valence-electron chi connectivity index (χ1n) is 9.63. The number of benzene rings is 2. The molecule has 1 aromatic heterocycles. The van der Waals surface area contributed by atoms with Crippen LogP contribution >= 0.6 is 11.8 Å². The molecule has 0 radical (unpaired) electrons. The minimum absolute atomic E-state index is 0.110. The van der Waals surface area contributed by atoms with Gasteiger partial charge in [-0.3, -0.25) is 4.79 Å². The number of carbonyl (C=O) groups is 1. The van der Waals surface area contributed by atoms with E-state index in [1.807, 2.05) is 31.2 Å². The van der Waals surface area contributed by atoms with Gasteiger partial charge in [0.05, 0.1) is 10.8 Å². The second kappa shape index (κ2) is 9.22. The van der Waals surface area contributed by atoms with Crippen molar-refractivity contribution in [3.8, 4) is 11.4 Å². The van der Waals surface area contributed by atoms with E-state index in [1.54, 1.807) is 29.8 Å². The van der Waals surface area contributed by atoms with Crippen LogP contribution < -0.4 is 5.32 Å². The number of nitrogens with zero attached hydrogens (tertiary/aromatic N) is 3. The highest BCUT2D eigenvalue weighted by molar-refractivity contribution is 8.00. The van der Waals surface area contributed by atoms with Gasteiger partial charge in [-0.2, -0.15) is 0 Å². The van der Waals surface area contributed by atoms with E-state index in [9.17, 15) is 9.18 Å². The molecular weight excluding hydrogens is 387 g/mol. The summed E-state index contributed by atoms with van der Waals surface area (Å²) in [6.45, 7) is 6.10. The quantitative estimate of drug-likeness (QED) is 0.538. The SMILES string of the molecule is CC[C@@H](C)c1ccccc1NC(=O)[C@H](C)Sc1nnc(-c2ccccc2F)n1C. The van der Waals surface area contributed by atoms with Gasteiger partial charge in [-0.25, -0.2) is 4.39 Å². The standard InChI is InChI=1S/C22H25FN4OS/c1-5-14(2)16-10-7-9-13-19(16)24-21(28)15(3)29-22-26-25-20(27(22)4)17-11-6-8-12-18(17)23/h6-15H,5H2,1-4H3,(H,24,28)/t14-,15+/m1/s1. The van der Waals surface area contributed by atoms with Crippen molar-refractivity contribution < 1.29 is 9.18 Å². The molecule has 0 bridgehead atoms. The number of amides is 1. The molecule has 3 rings (SSSR count). The van der Waals surface area contributed by atoms with Crippen molar-refractivity contribution >= 4 is 23.4 Å². The number of hydrogen-bond acceptors (Lipinski definition) is 4. The Morgan fingerprint density at radius 2 is 1.83 bits per heavy atom. The molecule has 5 nitrogen and oxygen atoms in total. The highest BCUT2D eigenvalue weighted by atomic mass is 32.2. The third-order valence-electron chi connectivity index (χ3n) is 4.96. The molecule has 7 heteroatoms. The van der Waals surface area contributed by atoms with Crippen molar-refractivity contribution in [3.05, 3.63) is 59.9 Å². The summed E-state index contributed by atoms with van der Waals surface area (Å²) in [5.41, 5.74) is 2.35. The molecule has 3 aromatic rings. The van der Waals surface area contributed by atoms with E-state index in [2.05, 4.69) is 29.4 Å². The van der Waals surface area contributed by atoms with Gasteiger partial charge in [-0.1, -0.05) is 55.9 Å². The summed E-state index contributed by atoms with van der Waals surface area (Å²) in [5, 5.41) is 11.5. The van der Waals surface area contributed by atoms with Gasteiger partial charge in [-0.05, 0) is 43.0 Å². The summed E-state index contributed by atoms with van der Waals surface area (Å²) in [6.07, 6.45) is 0.995. The lowest BCUT2D eigenvalue weighted by atomic mass is 9.97. The van der Waals surface area contributed by atoms with E-state index in [-0.39, 0.29) is 11.7 Å². The van der Waals surface area contributed by atoms with Crippen LogP contribution in [0.1, 0.15) is 38.7 Å². The lowest BCUT2D eigenvalue weighted by Crippen LogP contribution is -2.23. The highest BCUT2D eigenvalue weighted by Crippen LogP contribution is 2.29. The maximum atomic E-state index is 14.1. The van der Waals surface area contributed by atoms with Crippen molar-refractivity contribution in [2.75, 3.05) is 5.32 Å². The minimum atomic E-state index is -0.392. The van der Waals surface area contributed by atoms with Crippen LogP contribution in [0.15, 0.2) is 53.7 Å². The number of anilines is 1. The summed E-state index contributed by atoms with van der Waals surface area (Å²) in [6, 6.07) is 14.3. The van der Waals surface area contributed by atoms with Gasteiger partial charge in [0, 0.05) is 12.7 Å². The van der Waals surface area contributed by atoms with Crippen LogP contribution in [-0.2, 0) is 11.8 Å². The van der Waals surface area contributed by atoms with E-state index in [1.165, 1.54) is 17.8 Å². The van der Waals surface area contributed by atoms with E-state index < -0.39 is 5.25 Å². The lowest BCUT2D eigenvalue weighted by Gasteiger charge is -2.17. The smallest absolute Gasteiger partial charge is 0.237 e. The second-order valence-corrected chi connectivity index (χ2v) is 8.30. The molecule has 2 aromatic carbocycles. The van der Waals surface area contributed by atoms with Crippen LogP contribution in [0.4, 0.5) is 10.1 Å². The fraction of sp³-hybridized carbons (Fsp3) is 0.318. The number of rotatable bonds is 7. The van der Waals surface area contributed by atoms with Gasteiger partial charge in [0.2, 0.25) is 5.91 Å². The average Bonchev–Trinajstić information content (AvgIpc) is 3.08. The van der Waals surface area contributed by atoms with Gasteiger partial charge in [0.25, 0.3) is 0 Å². The number of hydrogen-bond donors (Lipinski definition) is 1. The maximum Gasteiger partial charge on any atom is 0.237 e. The number of nitrogens with one attached hydrogen (secondary N) is 1. The monoisotopic (exact) mass is 412 g/mol. The van der Waals surface area contributed by atoms with Crippen LogP contribution in [-0.4, -0.2) is 25.9 Å². The number of para-hydroxylation sites is 1. The zero-order valence-corrected chi connectivity index (χ0v) is 17.8. The summed E-state index contributed by atoms with van der Waals surface area (Å²) in [4.78, 5) is 12.8. The molecule has 0 unspecified atom stereocenters. The Balaban J connectivity index is 1.74. The average molecular weight is 413 g/mol. The van der Waals surface area contributed by atoms with Crippen molar-refractivity contribution in [1.29, 1.82) is 0 Å². The van der Waals surface area contributed by atoms with E-state index in [0.717, 1.165) is 17.7 Å². The Bertz CT molecular complexity index is 1000. The fourth-order valence-electron chi connectivity index (χ4n) is 3.00. The second-order valence-electron chi connectivity index (χ2n) is 6.99. The predicted octanol–water partition coefficient (Wildman–Crippen LogP) is 5.25. The van der Waals surface area contributed by atoms with E-state index in [0.29, 0.717) is 22.5 Å². The van der Waals surface area contributed by atoms with Crippen molar-refractivity contribution in [3.63, 3.8) is 0 Å². The number of halogens is 1. The molecule has 152 valence electrons. The normalized spacial score (nSPS) is 13.1. The molecule has 0 aliphatic carbocycles. The molecule has 0 spiro atoms. The Labute approximate surface area is 174 Å². The molecule has 1 amide bonds. The first kappa shape index (κ1) is 21.0. The van der Waals surface area contributed by atoms with Gasteiger partial charge >= 0.3 is 0 Å². The van der Waals surface area contributed by atoms with Crippen LogP contribution in [0.25, 0.3) is 11.4 Å². The van der Waals surface area contributed by atoms with Crippen molar-refractivity contribution in [2.24, 2.45) is 7.05 Å². The zero-order chi connectivity index (χ0) is 21.0. The van der Waals surface area contributed by atoms with Gasteiger partial charge < -0.3 is 9.88 Å². The molecule has 0 fully saturated rings. The Morgan fingerprint density at radius 1 is 1.14 bits per heavy atom. The molecule has 2 atom stereocenters. The molecule has 0 aliphatic heterocycles. The highest BCUT2D eigenvalue weighted by Gasteiger charge is 2.21. The van der Waals surface area contributed by atoms with Crippen molar-refractivity contribution in [2.45, 2.75) is 43.5 Å². The molecule has 0 saturated carbocycles. The number of aromatic nitrogens is 3. The molecule has 29 heavy (non-hydrogen) atoms. The van der Waals surface area contributed by atoms with Gasteiger partial charge in [0.1, 0.15) is 5.82 Å². The molecule has 1 heterocycles. The molecule has 0 saturated heterocycles. The van der Waals surface area contributed by atoms with E-state index in [4.69, 9.17) is 0 Å². The fourth-order valence-corrected chi connectivity index (χ4v) is 3.82. The first-order chi connectivity index (χ1) is 13.9. The first-order valence-corrected chi connectivity index (χ1v) is 10.5. The summed E-state index contributed by atoms with van der Waals surface area (Å²) < 4.78 is 15.8. The van der Waals surface area contributed by atoms with Crippen molar-refractivity contribution in [1.82, 2.24) is 14.8 Å². The van der Waals surface area contributed by atoms with Crippen LogP contribution in [0, 0.1) is 5.82 Å². The van der Waals surface area contributed by atoms with Crippen LogP contribution in [0.2, 0.25) is 0 Å². The summed E-state index contributed by atoms with van der Waals surface area (Å²) >= 11 is 1.29. The van der Waals surface area contributed by atoms with Crippen LogP contribution in [0.3, 0.4) is 0 Å². The lowest BCUT2D eigenvalue weighted by molar-refractivity contribution is -0.115. The minimum Gasteiger partial charge on any atom is -0.325 e. The number of carbonyl (C=O) groups excluding carboxylic acids is 1. The Hall–Kier alpha value is -2.67. The molecule has 0 aliphatic rings. The summed E-state index contributed by atoms with van der Waals surface area (Å²) in [5.74, 6) is 0.324. The third-order valence-corrected chi connectivity index (χ3v) is 6.10. The summed E-state index contributed by atoms with van der Waals surface area (Å²) in [7, 11) is 1.77.